The van der Waals surface area contributed by atoms with Crippen LogP contribution in [0.5, 0.6) is 0 Å². The van der Waals surface area contributed by atoms with Gasteiger partial charge in [-0.3, -0.25) is 4.99 Å². The Hall–Kier alpha value is -0.340. The number of hydrogen-bond acceptors (Lipinski definition) is 2. The Morgan fingerprint density at radius 2 is 2.13 bits per heavy atom. The van der Waals surface area contributed by atoms with Gasteiger partial charge in [-0.1, -0.05) is 28.1 Å². The zero-order valence-electron chi connectivity index (χ0n) is 13.9. The highest BCUT2D eigenvalue weighted by Crippen LogP contribution is 2.18. The van der Waals surface area contributed by atoms with Crippen molar-refractivity contribution in [1.82, 2.24) is 10.2 Å². The number of aliphatic imine (C=N–C) groups is 1. The lowest BCUT2D eigenvalue weighted by atomic mass is 9.96. The van der Waals surface area contributed by atoms with Gasteiger partial charge in [0.2, 0.25) is 0 Å². The molecule has 23 heavy (non-hydrogen) atoms. The molecule has 0 spiro atoms. The Labute approximate surface area is 165 Å². The van der Waals surface area contributed by atoms with E-state index in [1.165, 1.54) is 24.8 Å². The minimum absolute atomic E-state index is 0. The molecule has 1 aromatic rings. The first-order valence-corrected chi connectivity index (χ1v) is 8.72. The fourth-order valence-electron chi connectivity index (χ4n) is 2.73. The molecule has 2 rings (SSSR count). The van der Waals surface area contributed by atoms with Crippen molar-refractivity contribution in [2.24, 2.45) is 10.9 Å². The monoisotopic (exact) mass is 495 g/mol. The van der Waals surface area contributed by atoms with Gasteiger partial charge in [0, 0.05) is 44.9 Å². The first-order valence-electron chi connectivity index (χ1n) is 7.93. The summed E-state index contributed by atoms with van der Waals surface area (Å²) in [5.41, 5.74) is 1.24. The fourth-order valence-corrected chi connectivity index (χ4v) is 3.18. The van der Waals surface area contributed by atoms with E-state index < -0.39 is 0 Å². The van der Waals surface area contributed by atoms with Gasteiger partial charge in [0.15, 0.2) is 5.96 Å². The molecular weight excluding hydrogens is 469 g/mol. The van der Waals surface area contributed by atoms with E-state index in [4.69, 9.17) is 4.74 Å². The van der Waals surface area contributed by atoms with Crippen molar-refractivity contribution in [2.45, 2.75) is 25.8 Å². The molecule has 1 aromatic carbocycles. The van der Waals surface area contributed by atoms with E-state index in [2.05, 4.69) is 56.4 Å². The number of hydrogen-bond donors (Lipinski definition) is 1. The highest BCUT2D eigenvalue weighted by Gasteiger charge is 2.15. The van der Waals surface area contributed by atoms with Crippen molar-refractivity contribution in [3.8, 4) is 0 Å². The Kier molecular flexibility index (Phi) is 10.1. The molecule has 1 aliphatic heterocycles. The molecule has 1 fully saturated rings. The van der Waals surface area contributed by atoms with E-state index in [1.807, 2.05) is 13.1 Å². The predicted octanol–water partition coefficient (Wildman–Crippen LogP) is 3.89. The lowest BCUT2D eigenvalue weighted by molar-refractivity contribution is 0.0625. The molecule has 0 aliphatic carbocycles. The molecule has 1 heterocycles. The third-order valence-corrected chi connectivity index (χ3v) is 4.62. The average molecular weight is 496 g/mol. The maximum absolute atomic E-state index is 5.42. The van der Waals surface area contributed by atoms with Crippen LogP contribution in [0.25, 0.3) is 0 Å². The van der Waals surface area contributed by atoms with Crippen molar-refractivity contribution in [1.29, 1.82) is 0 Å². The van der Waals surface area contributed by atoms with Crippen molar-refractivity contribution in [3.05, 3.63) is 34.3 Å². The molecule has 1 saturated heterocycles. The number of guanidine groups is 1. The van der Waals surface area contributed by atoms with Crippen LogP contribution in [0.1, 0.15) is 24.8 Å². The second-order valence-electron chi connectivity index (χ2n) is 5.80. The van der Waals surface area contributed by atoms with Crippen molar-refractivity contribution in [3.63, 3.8) is 0 Å². The molecule has 1 N–H and O–H groups in total. The minimum atomic E-state index is 0. The van der Waals surface area contributed by atoms with Gasteiger partial charge < -0.3 is 15.0 Å². The highest BCUT2D eigenvalue weighted by atomic mass is 127. The number of halogens is 2. The fraction of sp³-hybridized carbons (Fsp3) is 0.588. The lowest BCUT2D eigenvalue weighted by Gasteiger charge is -2.26. The van der Waals surface area contributed by atoms with Gasteiger partial charge in [0.05, 0.1) is 0 Å². The molecule has 0 amide bonds. The number of ether oxygens (including phenoxy) is 1. The molecule has 0 aromatic heterocycles. The van der Waals surface area contributed by atoms with Gasteiger partial charge >= 0.3 is 0 Å². The highest BCUT2D eigenvalue weighted by molar-refractivity contribution is 14.0. The normalized spacial score (nSPS) is 15.9. The predicted molar refractivity (Wildman–Crippen MR) is 111 cm³/mol. The molecule has 0 unspecified atom stereocenters. The van der Waals surface area contributed by atoms with Gasteiger partial charge in [0.1, 0.15) is 0 Å². The van der Waals surface area contributed by atoms with Gasteiger partial charge in [0.25, 0.3) is 0 Å². The lowest BCUT2D eigenvalue weighted by Crippen LogP contribution is -2.39. The topological polar surface area (TPSA) is 36.9 Å². The molecule has 4 nitrogen and oxygen atoms in total. The van der Waals surface area contributed by atoms with Gasteiger partial charge in [-0.05, 0) is 42.9 Å². The molecule has 6 heteroatoms. The number of rotatable bonds is 5. The second kappa shape index (κ2) is 11.3. The number of benzene rings is 1. The summed E-state index contributed by atoms with van der Waals surface area (Å²) < 4.78 is 6.52. The van der Waals surface area contributed by atoms with E-state index in [1.54, 1.807) is 0 Å². The van der Waals surface area contributed by atoms with Gasteiger partial charge in [-0.25, -0.2) is 0 Å². The van der Waals surface area contributed by atoms with E-state index in [0.717, 1.165) is 42.7 Å². The summed E-state index contributed by atoms with van der Waals surface area (Å²) in [7, 11) is 3.95. The second-order valence-corrected chi connectivity index (χ2v) is 6.71. The first-order chi connectivity index (χ1) is 10.7. The first kappa shape index (κ1) is 20.7. The summed E-state index contributed by atoms with van der Waals surface area (Å²) in [5.74, 6) is 1.74. The van der Waals surface area contributed by atoms with Crippen LogP contribution in [0.3, 0.4) is 0 Å². The maximum atomic E-state index is 5.42. The van der Waals surface area contributed by atoms with E-state index >= 15 is 0 Å². The molecule has 1 aliphatic rings. The van der Waals surface area contributed by atoms with E-state index in [0.29, 0.717) is 0 Å². The largest absolute Gasteiger partial charge is 0.381 e. The Morgan fingerprint density at radius 3 is 2.78 bits per heavy atom. The zero-order chi connectivity index (χ0) is 15.8. The van der Waals surface area contributed by atoms with Crippen LogP contribution in [0.15, 0.2) is 33.7 Å². The van der Waals surface area contributed by atoms with Gasteiger partial charge in [-0.15, -0.1) is 24.0 Å². The van der Waals surface area contributed by atoms with Crippen LogP contribution in [-0.4, -0.2) is 44.7 Å². The Morgan fingerprint density at radius 1 is 1.39 bits per heavy atom. The van der Waals surface area contributed by atoms with Crippen LogP contribution in [0.2, 0.25) is 0 Å². The summed E-state index contributed by atoms with van der Waals surface area (Å²) >= 11 is 3.51. The zero-order valence-corrected chi connectivity index (χ0v) is 17.8. The molecule has 130 valence electrons. The number of nitrogens with one attached hydrogen (secondary N) is 1. The third kappa shape index (κ3) is 7.39. The summed E-state index contributed by atoms with van der Waals surface area (Å²) in [5, 5.41) is 3.43. The van der Waals surface area contributed by atoms with Crippen molar-refractivity contribution >= 4 is 45.9 Å². The van der Waals surface area contributed by atoms with Crippen molar-refractivity contribution < 1.29 is 4.74 Å². The Bertz CT molecular complexity index is 492. The van der Waals surface area contributed by atoms with Gasteiger partial charge in [-0.2, -0.15) is 0 Å². The van der Waals surface area contributed by atoms with E-state index in [-0.39, 0.29) is 24.0 Å². The SMILES string of the molecule is CN=C(NCc1cccc(Br)c1)N(C)CCC1CCOCC1.I. The summed E-state index contributed by atoms with van der Waals surface area (Å²) in [6.45, 7) is 3.66. The average Bonchev–Trinajstić information content (AvgIpc) is 2.54. The van der Waals surface area contributed by atoms with Crippen LogP contribution in [0.4, 0.5) is 0 Å². The molecular formula is C17H27BrIN3O. The summed E-state index contributed by atoms with van der Waals surface area (Å²) in [6, 6.07) is 8.34. The molecule has 0 bridgehead atoms. The Balaban J connectivity index is 0.00000264. The standard InChI is InChI=1S/C17H26BrN3O.HI/c1-19-17(20-13-15-4-3-5-16(18)12-15)21(2)9-6-14-7-10-22-11-8-14;/h3-5,12,14H,6-11,13H2,1-2H3,(H,19,20);1H. The summed E-state index contributed by atoms with van der Waals surface area (Å²) in [4.78, 5) is 6.60. The quantitative estimate of drug-likeness (QED) is 0.382. The number of nitrogens with zero attached hydrogens (tertiary/aromatic N) is 2. The third-order valence-electron chi connectivity index (χ3n) is 4.13. The maximum Gasteiger partial charge on any atom is 0.193 e. The van der Waals surface area contributed by atoms with Crippen molar-refractivity contribution in [2.75, 3.05) is 33.9 Å². The van der Waals surface area contributed by atoms with Crippen LogP contribution < -0.4 is 5.32 Å². The van der Waals surface area contributed by atoms with Crippen LogP contribution in [-0.2, 0) is 11.3 Å². The molecule has 0 radical (unpaired) electrons. The van der Waals surface area contributed by atoms with Crippen LogP contribution in [0, 0.1) is 5.92 Å². The van der Waals surface area contributed by atoms with Crippen LogP contribution >= 0.6 is 39.9 Å². The summed E-state index contributed by atoms with van der Waals surface area (Å²) in [6.07, 6.45) is 3.59. The minimum Gasteiger partial charge on any atom is -0.381 e. The molecule has 0 saturated carbocycles. The molecule has 0 atom stereocenters. The van der Waals surface area contributed by atoms with E-state index in [9.17, 15) is 0 Å². The smallest absolute Gasteiger partial charge is 0.193 e.